The zero-order valence-electron chi connectivity index (χ0n) is 5.46. The van der Waals surface area contributed by atoms with Gasteiger partial charge in [-0.25, -0.2) is 0 Å². The third-order valence-electron chi connectivity index (χ3n) is 0.804. The minimum Gasteiger partial charge on any atom is -0.303 e. The van der Waals surface area contributed by atoms with Crippen LogP contribution in [0.4, 0.5) is 0 Å². The highest BCUT2D eigenvalue weighted by Crippen LogP contribution is 1.86. The highest BCUT2D eigenvalue weighted by Gasteiger charge is 1.80. The first kappa shape index (κ1) is 8.08. The summed E-state index contributed by atoms with van der Waals surface area (Å²) in [6.45, 7) is 1.48. The van der Waals surface area contributed by atoms with Crippen LogP contribution in [-0.2, 0) is 9.59 Å². The van der Waals surface area contributed by atoms with E-state index >= 15 is 0 Å². The Kier molecular flexibility index (Phi) is 4.69. The fourth-order valence-electron chi connectivity index (χ4n) is 0.414. The highest BCUT2D eigenvalue weighted by atomic mass is 16.1. The average Bonchev–Trinajstić information content (AvgIpc) is 1.80. The largest absolute Gasteiger partial charge is 0.303 e. The van der Waals surface area contributed by atoms with Gasteiger partial charge in [-0.3, -0.25) is 4.79 Å². The molecule has 0 aliphatic carbocycles. The van der Waals surface area contributed by atoms with E-state index < -0.39 is 0 Å². The van der Waals surface area contributed by atoms with Gasteiger partial charge in [0.15, 0.2) is 5.78 Å². The summed E-state index contributed by atoms with van der Waals surface area (Å²) in [5.74, 6) is 0.0286. The zero-order chi connectivity index (χ0) is 7.11. The van der Waals surface area contributed by atoms with Crippen LogP contribution < -0.4 is 0 Å². The summed E-state index contributed by atoms with van der Waals surface area (Å²) in [5, 5.41) is 0. The maximum atomic E-state index is 10.2. The van der Waals surface area contributed by atoms with Gasteiger partial charge in [-0.15, -0.1) is 0 Å². The van der Waals surface area contributed by atoms with Gasteiger partial charge in [0, 0.05) is 6.42 Å². The number of aldehydes is 1. The van der Waals surface area contributed by atoms with E-state index in [9.17, 15) is 9.59 Å². The van der Waals surface area contributed by atoms with Gasteiger partial charge in [-0.05, 0) is 19.4 Å². The predicted octanol–water partition coefficient (Wildman–Crippen LogP) is 1.11. The summed E-state index contributed by atoms with van der Waals surface area (Å²) >= 11 is 0. The van der Waals surface area contributed by atoms with Crippen LogP contribution in [0.1, 0.15) is 19.8 Å². The number of hydrogen-bond donors (Lipinski definition) is 0. The van der Waals surface area contributed by atoms with E-state index in [4.69, 9.17) is 0 Å². The van der Waals surface area contributed by atoms with E-state index in [0.29, 0.717) is 12.8 Å². The second-order valence-corrected chi connectivity index (χ2v) is 1.76. The van der Waals surface area contributed by atoms with Crippen molar-refractivity contribution in [1.82, 2.24) is 0 Å². The summed E-state index contributed by atoms with van der Waals surface area (Å²) in [5.41, 5.74) is 0. The third kappa shape index (κ3) is 7.08. The van der Waals surface area contributed by atoms with Gasteiger partial charge >= 0.3 is 0 Å². The van der Waals surface area contributed by atoms with Gasteiger partial charge in [0.25, 0.3) is 0 Å². The first-order chi connectivity index (χ1) is 4.27. The fraction of sp³-hybridized carbons (Fsp3) is 0.429. The van der Waals surface area contributed by atoms with E-state index in [2.05, 4.69) is 0 Å². The first-order valence-corrected chi connectivity index (χ1v) is 2.88. The quantitative estimate of drug-likeness (QED) is 0.321. The minimum atomic E-state index is 0.0286. The van der Waals surface area contributed by atoms with Crippen molar-refractivity contribution in [2.45, 2.75) is 19.8 Å². The molecule has 0 aliphatic heterocycles. The van der Waals surface area contributed by atoms with E-state index in [1.807, 2.05) is 0 Å². The molecule has 0 spiro atoms. The molecule has 50 valence electrons. The number of unbranched alkanes of at least 4 members (excludes halogenated alkanes) is 1. The molecular formula is C7H10O2. The summed E-state index contributed by atoms with van der Waals surface area (Å²) in [7, 11) is 0. The smallest absolute Gasteiger partial charge is 0.152 e. The van der Waals surface area contributed by atoms with Gasteiger partial charge in [-0.1, -0.05) is 6.08 Å². The Hall–Kier alpha value is -0.920. The van der Waals surface area contributed by atoms with Gasteiger partial charge in [-0.2, -0.15) is 0 Å². The van der Waals surface area contributed by atoms with Gasteiger partial charge < -0.3 is 4.79 Å². The standard InChI is InChI=1S/C7H10O2/c1-7(9)5-3-2-4-6-8/h3,5-6H,2,4H2,1H3. The van der Waals surface area contributed by atoms with Crippen LogP contribution in [0.3, 0.4) is 0 Å². The molecule has 0 unspecified atom stereocenters. The van der Waals surface area contributed by atoms with Crippen LogP contribution in [-0.4, -0.2) is 12.1 Å². The minimum absolute atomic E-state index is 0.0286. The van der Waals surface area contributed by atoms with Crippen LogP contribution in [0.15, 0.2) is 12.2 Å². The molecule has 0 aromatic heterocycles. The van der Waals surface area contributed by atoms with Crippen molar-refractivity contribution in [3.8, 4) is 0 Å². The molecule has 0 heterocycles. The molecule has 9 heavy (non-hydrogen) atoms. The lowest BCUT2D eigenvalue weighted by Crippen LogP contribution is -1.79. The van der Waals surface area contributed by atoms with Crippen LogP contribution in [0.2, 0.25) is 0 Å². The third-order valence-corrected chi connectivity index (χ3v) is 0.804. The van der Waals surface area contributed by atoms with Crippen LogP contribution in [0.5, 0.6) is 0 Å². The second-order valence-electron chi connectivity index (χ2n) is 1.76. The predicted molar refractivity (Wildman–Crippen MR) is 35.1 cm³/mol. The topological polar surface area (TPSA) is 34.1 Å². The van der Waals surface area contributed by atoms with Gasteiger partial charge in [0.1, 0.15) is 6.29 Å². The molecule has 0 fully saturated rings. The highest BCUT2D eigenvalue weighted by molar-refractivity contribution is 5.87. The Labute approximate surface area is 54.6 Å². The Morgan fingerprint density at radius 1 is 1.44 bits per heavy atom. The van der Waals surface area contributed by atoms with Crippen molar-refractivity contribution in [1.29, 1.82) is 0 Å². The van der Waals surface area contributed by atoms with Crippen LogP contribution in [0.25, 0.3) is 0 Å². The lowest BCUT2D eigenvalue weighted by molar-refractivity contribution is -0.112. The van der Waals surface area contributed by atoms with Crippen LogP contribution >= 0.6 is 0 Å². The first-order valence-electron chi connectivity index (χ1n) is 2.88. The van der Waals surface area contributed by atoms with Gasteiger partial charge in [0.2, 0.25) is 0 Å². The number of ketones is 1. The Balaban J connectivity index is 3.24. The number of carbonyl (C=O) groups is 2. The maximum absolute atomic E-state index is 10.2. The van der Waals surface area contributed by atoms with E-state index in [-0.39, 0.29) is 5.78 Å². The molecule has 0 aliphatic rings. The Morgan fingerprint density at radius 3 is 2.56 bits per heavy atom. The summed E-state index contributed by atoms with van der Waals surface area (Å²) in [6.07, 6.45) is 5.19. The second kappa shape index (κ2) is 5.22. The summed E-state index contributed by atoms with van der Waals surface area (Å²) in [6, 6.07) is 0. The van der Waals surface area contributed by atoms with Crippen molar-refractivity contribution >= 4 is 12.1 Å². The number of carbonyl (C=O) groups excluding carboxylic acids is 2. The maximum Gasteiger partial charge on any atom is 0.152 e. The molecule has 0 saturated heterocycles. The van der Waals surface area contributed by atoms with Crippen molar-refractivity contribution in [3.05, 3.63) is 12.2 Å². The molecule has 0 aromatic rings. The molecule has 0 saturated carbocycles. The molecule has 0 amide bonds. The molecule has 0 atom stereocenters. The van der Waals surface area contributed by atoms with Crippen molar-refractivity contribution in [2.24, 2.45) is 0 Å². The van der Waals surface area contributed by atoms with Crippen molar-refractivity contribution < 1.29 is 9.59 Å². The Bertz CT molecular complexity index is 125. The van der Waals surface area contributed by atoms with Crippen molar-refractivity contribution in [2.75, 3.05) is 0 Å². The number of rotatable bonds is 4. The lowest BCUT2D eigenvalue weighted by atomic mass is 10.3. The van der Waals surface area contributed by atoms with Crippen LogP contribution in [0, 0.1) is 0 Å². The molecule has 0 radical (unpaired) electrons. The molecule has 0 rings (SSSR count). The Morgan fingerprint density at radius 2 is 2.11 bits per heavy atom. The number of allylic oxidation sites excluding steroid dienone is 2. The number of hydrogen-bond acceptors (Lipinski definition) is 2. The molecule has 0 aromatic carbocycles. The zero-order valence-corrected chi connectivity index (χ0v) is 5.46. The SMILES string of the molecule is CC(=O)C=CCCC=O. The normalized spacial score (nSPS) is 9.89. The average molecular weight is 126 g/mol. The summed E-state index contributed by atoms with van der Waals surface area (Å²) < 4.78 is 0. The van der Waals surface area contributed by atoms with E-state index in [1.165, 1.54) is 13.0 Å². The summed E-state index contributed by atoms with van der Waals surface area (Å²) in [4.78, 5) is 20.0. The van der Waals surface area contributed by atoms with E-state index in [0.717, 1.165) is 6.29 Å². The molecular weight excluding hydrogens is 116 g/mol. The lowest BCUT2D eigenvalue weighted by Gasteiger charge is -1.79. The van der Waals surface area contributed by atoms with E-state index in [1.54, 1.807) is 6.08 Å². The molecule has 2 nitrogen and oxygen atoms in total. The molecule has 2 heteroatoms. The fourth-order valence-corrected chi connectivity index (χ4v) is 0.414. The monoisotopic (exact) mass is 126 g/mol. The molecule has 0 bridgehead atoms. The van der Waals surface area contributed by atoms with Crippen molar-refractivity contribution in [3.63, 3.8) is 0 Å². The van der Waals surface area contributed by atoms with Gasteiger partial charge in [0.05, 0.1) is 0 Å². The molecule has 0 N–H and O–H groups in total.